The summed E-state index contributed by atoms with van der Waals surface area (Å²) >= 11 is 0. The van der Waals surface area contributed by atoms with Gasteiger partial charge >= 0.3 is 0 Å². The average molecular weight is 352 g/mol. The Balaban J connectivity index is 1.82. The lowest BCUT2D eigenvalue weighted by atomic mass is 9.81. The lowest BCUT2D eigenvalue weighted by Gasteiger charge is -2.39. The maximum Gasteiger partial charge on any atom is 0.224 e. The van der Waals surface area contributed by atoms with Crippen molar-refractivity contribution in [3.05, 3.63) is 65.7 Å². The Kier molecular flexibility index (Phi) is 5.62. The van der Waals surface area contributed by atoms with Gasteiger partial charge in [-0.25, -0.2) is 0 Å². The van der Waals surface area contributed by atoms with Crippen LogP contribution in [0, 0.1) is 0 Å². The Bertz CT molecular complexity index is 743. The minimum Gasteiger partial charge on any atom is -0.496 e. The molecule has 2 aromatic rings. The molecule has 2 aromatic carbocycles. The molecule has 4 nitrogen and oxygen atoms in total. The van der Waals surface area contributed by atoms with Crippen molar-refractivity contribution in [2.45, 2.75) is 31.7 Å². The Labute approximate surface area is 156 Å². The molecule has 0 bridgehead atoms. The Hall–Kier alpha value is -2.33. The number of hydrogen-bond donors (Lipinski definition) is 1. The molecule has 26 heavy (non-hydrogen) atoms. The van der Waals surface area contributed by atoms with Crippen molar-refractivity contribution in [3.8, 4) is 5.75 Å². The number of ether oxygens (including phenoxy) is 1. The molecule has 4 heteroatoms. The second-order valence-corrected chi connectivity index (χ2v) is 7.48. The first-order valence-electron chi connectivity index (χ1n) is 9.21. The molecule has 1 fully saturated rings. The van der Waals surface area contributed by atoms with Crippen LogP contribution in [0.4, 0.5) is 0 Å². The maximum absolute atomic E-state index is 13.2. The van der Waals surface area contributed by atoms with Crippen LogP contribution in [0.3, 0.4) is 0 Å². The van der Waals surface area contributed by atoms with Crippen molar-refractivity contribution in [1.29, 1.82) is 0 Å². The van der Waals surface area contributed by atoms with Crippen LogP contribution in [0.5, 0.6) is 5.75 Å². The molecule has 1 atom stereocenters. The van der Waals surface area contributed by atoms with Crippen LogP contribution in [0.25, 0.3) is 0 Å². The van der Waals surface area contributed by atoms with Gasteiger partial charge in [0.1, 0.15) is 5.75 Å². The normalized spacial score (nSPS) is 17.8. The molecule has 0 saturated carbocycles. The number of hydrogen-bond acceptors (Lipinski definition) is 3. The van der Waals surface area contributed by atoms with E-state index in [0.717, 1.165) is 24.4 Å². The molecule has 1 N–H and O–H groups in total. The molecular weight excluding hydrogens is 324 g/mol. The van der Waals surface area contributed by atoms with E-state index in [0.29, 0.717) is 13.0 Å². The molecular formula is C22H28N2O2. The standard InChI is InChI=1S/C22H28N2O2/c1-22(2,17-9-5-4-6-10-17)15-21(25)24-14-13-23-16-19(24)18-11-7-8-12-20(18)26-3/h4-12,19,23H,13-16H2,1-3H3. The minimum absolute atomic E-state index is 0.000951. The molecule has 1 amide bonds. The molecule has 0 spiro atoms. The average Bonchev–Trinajstić information content (AvgIpc) is 2.68. The van der Waals surface area contributed by atoms with Gasteiger partial charge in [-0.15, -0.1) is 0 Å². The lowest BCUT2D eigenvalue weighted by molar-refractivity contribution is -0.135. The van der Waals surface area contributed by atoms with Crippen LogP contribution >= 0.6 is 0 Å². The van der Waals surface area contributed by atoms with Crippen LogP contribution in [-0.2, 0) is 10.2 Å². The van der Waals surface area contributed by atoms with Gasteiger partial charge in [-0.2, -0.15) is 0 Å². The van der Waals surface area contributed by atoms with Crippen molar-refractivity contribution in [1.82, 2.24) is 10.2 Å². The molecule has 0 aromatic heterocycles. The summed E-state index contributed by atoms with van der Waals surface area (Å²) in [6.45, 7) is 6.56. The molecule has 3 rings (SSSR count). The molecule has 1 heterocycles. The number of rotatable bonds is 5. The van der Waals surface area contributed by atoms with E-state index in [1.165, 1.54) is 5.56 Å². The molecule has 1 aliphatic rings. The van der Waals surface area contributed by atoms with E-state index in [2.05, 4.69) is 37.4 Å². The van der Waals surface area contributed by atoms with Crippen LogP contribution in [0.1, 0.15) is 37.4 Å². The molecule has 1 aliphatic heterocycles. The number of benzene rings is 2. The number of methoxy groups -OCH3 is 1. The smallest absolute Gasteiger partial charge is 0.224 e. The van der Waals surface area contributed by atoms with Gasteiger partial charge in [-0.1, -0.05) is 62.4 Å². The second-order valence-electron chi connectivity index (χ2n) is 7.48. The SMILES string of the molecule is COc1ccccc1C1CNCCN1C(=O)CC(C)(C)c1ccccc1. The number of para-hydroxylation sites is 1. The first-order chi connectivity index (χ1) is 12.5. The molecule has 138 valence electrons. The highest BCUT2D eigenvalue weighted by molar-refractivity contribution is 5.78. The zero-order valence-corrected chi connectivity index (χ0v) is 15.9. The number of piperazine rings is 1. The first kappa shape index (κ1) is 18.5. The molecule has 0 aliphatic carbocycles. The molecule has 0 radical (unpaired) electrons. The van der Waals surface area contributed by atoms with E-state index in [-0.39, 0.29) is 17.4 Å². The van der Waals surface area contributed by atoms with Crippen molar-refractivity contribution in [2.24, 2.45) is 0 Å². The van der Waals surface area contributed by atoms with Gasteiger partial charge in [0.25, 0.3) is 0 Å². The Morgan fingerprint density at radius 3 is 2.58 bits per heavy atom. The van der Waals surface area contributed by atoms with E-state index in [4.69, 9.17) is 4.74 Å². The summed E-state index contributed by atoms with van der Waals surface area (Å²) in [4.78, 5) is 15.2. The van der Waals surface area contributed by atoms with Crippen LogP contribution in [-0.4, -0.2) is 37.6 Å². The number of nitrogens with one attached hydrogen (secondary N) is 1. The zero-order valence-electron chi connectivity index (χ0n) is 15.9. The highest BCUT2D eigenvalue weighted by Crippen LogP contribution is 2.33. The fourth-order valence-corrected chi connectivity index (χ4v) is 3.69. The fraction of sp³-hybridized carbons (Fsp3) is 0.409. The van der Waals surface area contributed by atoms with E-state index in [1.54, 1.807) is 7.11 Å². The maximum atomic E-state index is 13.2. The van der Waals surface area contributed by atoms with Crippen LogP contribution in [0.2, 0.25) is 0 Å². The highest BCUT2D eigenvalue weighted by atomic mass is 16.5. The number of amides is 1. The van der Waals surface area contributed by atoms with Crippen molar-refractivity contribution in [2.75, 3.05) is 26.7 Å². The van der Waals surface area contributed by atoms with E-state index in [9.17, 15) is 4.79 Å². The zero-order chi connectivity index (χ0) is 18.6. The minimum atomic E-state index is -0.200. The van der Waals surface area contributed by atoms with Crippen LogP contribution < -0.4 is 10.1 Å². The van der Waals surface area contributed by atoms with E-state index >= 15 is 0 Å². The first-order valence-corrected chi connectivity index (χ1v) is 9.21. The lowest BCUT2D eigenvalue weighted by Crippen LogP contribution is -2.49. The highest BCUT2D eigenvalue weighted by Gasteiger charge is 2.33. The summed E-state index contributed by atoms with van der Waals surface area (Å²) in [7, 11) is 1.68. The predicted octanol–water partition coefficient (Wildman–Crippen LogP) is 3.54. The topological polar surface area (TPSA) is 41.6 Å². The fourth-order valence-electron chi connectivity index (χ4n) is 3.69. The quantitative estimate of drug-likeness (QED) is 0.895. The summed E-state index contributed by atoms with van der Waals surface area (Å²) in [6.07, 6.45) is 0.489. The monoisotopic (exact) mass is 352 g/mol. The summed E-state index contributed by atoms with van der Waals surface area (Å²) in [5.41, 5.74) is 2.06. The third kappa shape index (κ3) is 3.91. The number of carbonyl (C=O) groups is 1. The summed E-state index contributed by atoms with van der Waals surface area (Å²) in [5, 5.41) is 3.41. The van der Waals surface area contributed by atoms with Crippen molar-refractivity contribution < 1.29 is 9.53 Å². The Morgan fingerprint density at radius 1 is 1.15 bits per heavy atom. The molecule has 1 unspecified atom stereocenters. The van der Waals surface area contributed by atoms with Crippen LogP contribution in [0.15, 0.2) is 54.6 Å². The van der Waals surface area contributed by atoms with E-state index in [1.807, 2.05) is 41.3 Å². The van der Waals surface area contributed by atoms with Gasteiger partial charge in [0.05, 0.1) is 13.2 Å². The largest absolute Gasteiger partial charge is 0.496 e. The second kappa shape index (κ2) is 7.92. The summed E-state index contributed by atoms with van der Waals surface area (Å²) in [6, 6.07) is 18.2. The summed E-state index contributed by atoms with van der Waals surface area (Å²) in [5.74, 6) is 1.03. The number of nitrogens with zero attached hydrogens (tertiary/aromatic N) is 1. The van der Waals surface area contributed by atoms with Crippen molar-refractivity contribution >= 4 is 5.91 Å². The van der Waals surface area contributed by atoms with Gasteiger partial charge < -0.3 is 15.0 Å². The number of carbonyl (C=O) groups excluding carboxylic acids is 1. The predicted molar refractivity (Wildman–Crippen MR) is 104 cm³/mol. The Morgan fingerprint density at radius 2 is 1.85 bits per heavy atom. The van der Waals surface area contributed by atoms with Gasteiger partial charge in [0.2, 0.25) is 5.91 Å². The summed E-state index contributed by atoms with van der Waals surface area (Å²) < 4.78 is 5.53. The van der Waals surface area contributed by atoms with Gasteiger partial charge in [0.15, 0.2) is 0 Å². The third-order valence-corrected chi connectivity index (χ3v) is 5.21. The third-order valence-electron chi connectivity index (χ3n) is 5.21. The van der Waals surface area contributed by atoms with E-state index < -0.39 is 0 Å². The van der Waals surface area contributed by atoms with Gasteiger partial charge in [-0.05, 0) is 17.0 Å². The van der Waals surface area contributed by atoms with Gasteiger partial charge in [0, 0.05) is 31.6 Å². The van der Waals surface area contributed by atoms with Gasteiger partial charge in [-0.3, -0.25) is 4.79 Å². The van der Waals surface area contributed by atoms with Crippen molar-refractivity contribution in [3.63, 3.8) is 0 Å². The molecule has 1 saturated heterocycles.